The average Bonchev–Trinajstić information content (AvgIpc) is 2.72. The summed E-state index contributed by atoms with van der Waals surface area (Å²) in [5.74, 6) is -0.114. The third-order valence-electron chi connectivity index (χ3n) is 5.01. The fourth-order valence-corrected chi connectivity index (χ4v) is 3.41. The van der Waals surface area contributed by atoms with Crippen molar-refractivity contribution in [2.45, 2.75) is 83.8 Å². The molecule has 7 nitrogen and oxygen atoms in total. The van der Waals surface area contributed by atoms with Gasteiger partial charge in [-0.25, -0.2) is 0 Å². The van der Waals surface area contributed by atoms with Crippen LogP contribution in [0.2, 0.25) is 0 Å². The Kier molecular flexibility index (Phi) is 13.4. The topological polar surface area (TPSA) is 91.3 Å². The zero-order valence-electron chi connectivity index (χ0n) is 19.4. The quantitative estimate of drug-likeness (QED) is 0.298. The average molecular weight is 439 g/mol. The van der Waals surface area contributed by atoms with Crippen molar-refractivity contribution < 1.29 is 33.6 Å². The number of hydrogen-bond donors (Lipinski definition) is 1. The molecule has 2 atom stereocenters. The van der Waals surface area contributed by atoms with Gasteiger partial charge < -0.3 is 24.1 Å². The zero-order valence-corrected chi connectivity index (χ0v) is 19.4. The summed E-state index contributed by atoms with van der Waals surface area (Å²) in [5, 5.41) is 9.79. The van der Waals surface area contributed by atoms with E-state index < -0.39 is 0 Å². The van der Waals surface area contributed by atoms with Crippen LogP contribution in [0.5, 0.6) is 11.5 Å². The van der Waals surface area contributed by atoms with Crippen LogP contribution in [0.15, 0.2) is 18.2 Å². The van der Waals surface area contributed by atoms with Gasteiger partial charge in [0.1, 0.15) is 12.2 Å². The van der Waals surface area contributed by atoms with Crippen molar-refractivity contribution in [1.29, 1.82) is 0 Å². The molecule has 0 unspecified atom stereocenters. The summed E-state index contributed by atoms with van der Waals surface area (Å²) in [6, 6.07) is 5.18. The SMILES string of the molecule is CCCCC[C@H](C[C@H](CCc1ccc(O)c(OC)c1)OC(=O)CCCOC)OC(C)=O. The normalized spacial score (nSPS) is 12.8. The zero-order chi connectivity index (χ0) is 23.1. The molecule has 0 aliphatic rings. The van der Waals surface area contributed by atoms with E-state index >= 15 is 0 Å². The van der Waals surface area contributed by atoms with E-state index in [1.807, 2.05) is 6.07 Å². The molecule has 31 heavy (non-hydrogen) atoms. The highest BCUT2D eigenvalue weighted by molar-refractivity contribution is 5.69. The lowest BCUT2D eigenvalue weighted by atomic mass is 9.99. The van der Waals surface area contributed by atoms with E-state index in [0.29, 0.717) is 38.0 Å². The van der Waals surface area contributed by atoms with Crippen molar-refractivity contribution in [2.75, 3.05) is 20.8 Å². The molecule has 0 radical (unpaired) electrons. The van der Waals surface area contributed by atoms with Crippen molar-refractivity contribution in [3.05, 3.63) is 23.8 Å². The van der Waals surface area contributed by atoms with Crippen molar-refractivity contribution in [3.63, 3.8) is 0 Å². The molecule has 0 saturated carbocycles. The van der Waals surface area contributed by atoms with E-state index in [1.54, 1.807) is 19.2 Å². The standard InChI is InChI=1S/C24H38O7/c1-5-6-7-9-20(30-18(2)25)17-21(31-24(27)10-8-15-28-3)13-11-19-12-14-22(26)23(16-19)29-4/h12,14,16,20-21,26H,5-11,13,15,17H2,1-4H3/t20-,21+/m1/s1. The van der Waals surface area contributed by atoms with Crippen molar-refractivity contribution in [1.82, 2.24) is 0 Å². The number of phenols is 1. The number of hydrogen-bond acceptors (Lipinski definition) is 7. The number of aryl methyl sites for hydroxylation is 1. The van der Waals surface area contributed by atoms with E-state index in [0.717, 1.165) is 31.2 Å². The molecule has 1 N–H and O–H groups in total. The first kappa shape index (κ1) is 26.8. The molecule has 0 saturated heterocycles. The van der Waals surface area contributed by atoms with Gasteiger partial charge in [-0.3, -0.25) is 9.59 Å². The van der Waals surface area contributed by atoms with E-state index in [1.165, 1.54) is 14.0 Å². The Labute approximate surface area is 186 Å². The molecule has 7 heteroatoms. The predicted octanol–water partition coefficient (Wildman–Crippen LogP) is 4.57. The Bertz CT molecular complexity index is 659. The monoisotopic (exact) mass is 438 g/mol. The summed E-state index contributed by atoms with van der Waals surface area (Å²) < 4.78 is 21.4. The Morgan fingerprint density at radius 3 is 2.42 bits per heavy atom. The highest BCUT2D eigenvalue weighted by Crippen LogP contribution is 2.27. The first-order chi connectivity index (χ1) is 14.9. The smallest absolute Gasteiger partial charge is 0.306 e. The Balaban J connectivity index is 2.82. The van der Waals surface area contributed by atoms with Gasteiger partial charge in [0.15, 0.2) is 11.5 Å². The van der Waals surface area contributed by atoms with Crippen LogP contribution in [-0.2, 0) is 30.2 Å². The summed E-state index contributed by atoms with van der Waals surface area (Å²) in [5.41, 5.74) is 0.963. The maximum absolute atomic E-state index is 12.3. The number of esters is 2. The number of unbranched alkanes of at least 4 members (excludes halogenated alkanes) is 2. The second kappa shape index (κ2) is 15.5. The number of carbonyl (C=O) groups is 2. The molecular formula is C24H38O7. The van der Waals surface area contributed by atoms with Gasteiger partial charge in [0.25, 0.3) is 0 Å². The van der Waals surface area contributed by atoms with Gasteiger partial charge in [-0.1, -0.05) is 25.8 Å². The van der Waals surface area contributed by atoms with Crippen LogP contribution < -0.4 is 4.74 Å². The van der Waals surface area contributed by atoms with Crippen LogP contribution in [0, 0.1) is 0 Å². The molecule has 1 rings (SSSR count). The number of rotatable bonds is 16. The predicted molar refractivity (Wildman–Crippen MR) is 118 cm³/mol. The summed E-state index contributed by atoms with van der Waals surface area (Å²) in [6.45, 7) is 4.03. The molecule has 0 spiro atoms. The number of methoxy groups -OCH3 is 2. The van der Waals surface area contributed by atoms with Gasteiger partial charge in [0.05, 0.1) is 7.11 Å². The summed E-state index contributed by atoms with van der Waals surface area (Å²) >= 11 is 0. The lowest BCUT2D eigenvalue weighted by Gasteiger charge is -2.24. The number of aromatic hydroxyl groups is 1. The van der Waals surface area contributed by atoms with Gasteiger partial charge in [-0.15, -0.1) is 0 Å². The number of phenolic OH excluding ortho intramolecular Hbond substituents is 1. The fraction of sp³-hybridized carbons (Fsp3) is 0.667. The van der Waals surface area contributed by atoms with E-state index in [4.69, 9.17) is 18.9 Å². The largest absolute Gasteiger partial charge is 0.504 e. The maximum Gasteiger partial charge on any atom is 0.306 e. The first-order valence-corrected chi connectivity index (χ1v) is 11.1. The minimum atomic E-state index is -0.374. The summed E-state index contributed by atoms with van der Waals surface area (Å²) in [6.07, 6.45) is 5.75. The Morgan fingerprint density at radius 1 is 1.03 bits per heavy atom. The highest BCUT2D eigenvalue weighted by atomic mass is 16.6. The second-order valence-electron chi connectivity index (χ2n) is 7.72. The molecule has 0 bridgehead atoms. The Hall–Kier alpha value is -2.28. The van der Waals surface area contributed by atoms with Crippen molar-refractivity contribution in [3.8, 4) is 11.5 Å². The number of ether oxygens (including phenoxy) is 4. The molecule has 0 fully saturated rings. The number of carbonyl (C=O) groups excluding carboxylic acids is 2. The first-order valence-electron chi connectivity index (χ1n) is 11.1. The van der Waals surface area contributed by atoms with Crippen LogP contribution in [0.4, 0.5) is 0 Å². The molecule has 0 aliphatic heterocycles. The minimum Gasteiger partial charge on any atom is -0.504 e. The molecule has 1 aromatic carbocycles. The Morgan fingerprint density at radius 2 is 1.77 bits per heavy atom. The molecule has 0 aromatic heterocycles. The third-order valence-corrected chi connectivity index (χ3v) is 5.01. The molecule has 0 heterocycles. The van der Waals surface area contributed by atoms with Gasteiger partial charge in [0, 0.05) is 33.5 Å². The van der Waals surface area contributed by atoms with Crippen LogP contribution in [0.1, 0.15) is 70.8 Å². The van der Waals surface area contributed by atoms with Crippen LogP contribution in [-0.4, -0.2) is 50.1 Å². The maximum atomic E-state index is 12.3. The molecule has 1 aromatic rings. The van der Waals surface area contributed by atoms with Gasteiger partial charge in [-0.05, 0) is 49.8 Å². The van der Waals surface area contributed by atoms with Gasteiger partial charge >= 0.3 is 11.9 Å². The molecule has 176 valence electrons. The third kappa shape index (κ3) is 11.6. The number of benzene rings is 1. The van der Waals surface area contributed by atoms with E-state index in [9.17, 15) is 14.7 Å². The van der Waals surface area contributed by atoms with E-state index in [2.05, 4.69) is 6.92 Å². The van der Waals surface area contributed by atoms with Gasteiger partial charge in [-0.2, -0.15) is 0 Å². The van der Waals surface area contributed by atoms with E-state index in [-0.39, 0.29) is 36.3 Å². The molecular weight excluding hydrogens is 400 g/mol. The fourth-order valence-electron chi connectivity index (χ4n) is 3.41. The van der Waals surface area contributed by atoms with Crippen LogP contribution >= 0.6 is 0 Å². The summed E-state index contributed by atoms with van der Waals surface area (Å²) in [7, 11) is 3.10. The van der Waals surface area contributed by atoms with Crippen LogP contribution in [0.25, 0.3) is 0 Å². The molecule has 0 aliphatic carbocycles. The summed E-state index contributed by atoms with van der Waals surface area (Å²) in [4.78, 5) is 23.9. The lowest BCUT2D eigenvalue weighted by Crippen LogP contribution is -2.27. The van der Waals surface area contributed by atoms with Crippen molar-refractivity contribution >= 4 is 11.9 Å². The molecule has 0 amide bonds. The lowest BCUT2D eigenvalue weighted by molar-refractivity contribution is -0.155. The van der Waals surface area contributed by atoms with Crippen LogP contribution in [0.3, 0.4) is 0 Å². The highest BCUT2D eigenvalue weighted by Gasteiger charge is 2.22. The minimum absolute atomic E-state index is 0.0817. The van der Waals surface area contributed by atoms with Gasteiger partial charge in [0.2, 0.25) is 0 Å². The van der Waals surface area contributed by atoms with Crippen molar-refractivity contribution in [2.24, 2.45) is 0 Å². The second-order valence-corrected chi connectivity index (χ2v) is 7.72.